The van der Waals surface area contributed by atoms with E-state index in [4.69, 9.17) is 11.6 Å². The average Bonchev–Trinajstić information content (AvgIpc) is 3.58. The van der Waals surface area contributed by atoms with Gasteiger partial charge in [-0.25, -0.2) is 13.4 Å². The van der Waals surface area contributed by atoms with E-state index in [1.165, 1.54) is 22.1 Å². The number of hydrogen-bond donors (Lipinski definition) is 1. The summed E-state index contributed by atoms with van der Waals surface area (Å²) in [6.45, 7) is 3.80. The number of likely N-dealkylation sites (tertiary alicyclic amines) is 2. The highest BCUT2D eigenvalue weighted by Gasteiger charge is 2.37. The fourth-order valence-electron chi connectivity index (χ4n) is 6.08. The second-order valence-corrected chi connectivity index (χ2v) is 14.2. The van der Waals surface area contributed by atoms with E-state index in [1.807, 2.05) is 4.90 Å². The molecule has 3 aromatic rings. The molecular formula is C28H32ClN5O4S2. The highest BCUT2D eigenvalue weighted by molar-refractivity contribution is 7.91. The molecule has 40 heavy (non-hydrogen) atoms. The monoisotopic (exact) mass is 601 g/mol. The second kappa shape index (κ2) is 11.4. The first-order chi connectivity index (χ1) is 19.3. The van der Waals surface area contributed by atoms with Crippen LogP contribution in [0.25, 0.3) is 10.2 Å². The zero-order chi connectivity index (χ0) is 27.9. The van der Waals surface area contributed by atoms with Crippen molar-refractivity contribution in [1.29, 1.82) is 0 Å². The molecule has 2 saturated heterocycles. The van der Waals surface area contributed by atoms with Crippen LogP contribution in [0.1, 0.15) is 36.8 Å². The molecule has 5 heterocycles. The Hall–Kier alpha value is -2.57. The van der Waals surface area contributed by atoms with Gasteiger partial charge >= 0.3 is 0 Å². The number of piperidine rings is 1. The Balaban J connectivity index is 1.07. The van der Waals surface area contributed by atoms with Crippen LogP contribution >= 0.6 is 22.9 Å². The first-order valence-electron chi connectivity index (χ1n) is 13.7. The molecule has 0 aliphatic carbocycles. The van der Waals surface area contributed by atoms with E-state index in [9.17, 15) is 18.0 Å². The Morgan fingerprint density at radius 2 is 1.88 bits per heavy atom. The van der Waals surface area contributed by atoms with Gasteiger partial charge in [-0.05, 0) is 61.4 Å². The van der Waals surface area contributed by atoms with Gasteiger partial charge in [-0.2, -0.15) is 4.72 Å². The summed E-state index contributed by atoms with van der Waals surface area (Å²) in [6, 6.07) is 12.6. The van der Waals surface area contributed by atoms with Gasteiger partial charge in [0.15, 0.2) is 0 Å². The molecule has 3 aliphatic heterocycles. The third-order valence-corrected chi connectivity index (χ3v) is 11.4. The summed E-state index contributed by atoms with van der Waals surface area (Å²) in [5.41, 5.74) is 3.25. The van der Waals surface area contributed by atoms with E-state index >= 15 is 0 Å². The van der Waals surface area contributed by atoms with E-state index in [1.54, 1.807) is 12.1 Å². The van der Waals surface area contributed by atoms with E-state index < -0.39 is 16.1 Å². The summed E-state index contributed by atoms with van der Waals surface area (Å²) >= 11 is 7.02. The highest BCUT2D eigenvalue weighted by atomic mass is 35.5. The number of sulfonamides is 1. The van der Waals surface area contributed by atoms with Crippen molar-refractivity contribution in [3.05, 3.63) is 58.7 Å². The second-order valence-electron chi connectivity index (χ2n) is 10.8. The maximum Gasteiger partial charge on any atom is 0.250 e. The molecule has 0 bridgehead atoms. The van der Waals surface area contributed by atoms with Gasteiger partial charge in [-0.1, -0.05) is 35.9 Å². The van der Waals surface area contributed by atoms with Gasteiger partial charge in [-0.15, -0.1) is 11.3 Å². The first kappa shape index (κ1) is 27.6. The SMILES string of the molecule is O=C1[C@@H](NS(=O)(=O)c2cc3nc(Cl)ccc3s2)CCCN1CC(=O)N1CCC[C@H]1CN1CCc2ccccc2C1. The predicted octanol–water partition coefficient (Wildman–Crippen LogP) is 3.27. The Kier molecular flexibility index (Phi) is 7.84. The minimum atomic E-state index is -3.94. The van der Waals surface area contributed by atoms with Gasteiger partial charge in [0.2, 0.25) is 11.8 Å². The van der Waals surface area contributed by atoms with E-state index in [2.05, 4.69) is 38.9 Å². The van der Waals surface area contributed by atoms with Crippen LogP contribution in [0.5, 0.6) is 0 Å². The number of carbonyl (C=O) groups excluding carboxylic acids is 2. The average molecular weight is 602 g/mol. The van der Waals surface area contributed by atoms with Gasteiger partial charge in [0.05, 0.1) is 16.8 Å². The number of fused-ring (bicyclic) bond motifs is 2. The summed E-state index contributed by atoms with van der Waals surface area (Å²) in [5, 5.41) is 0.284. The van der Waals surface area contributed by atoms with Crippen LogP contribution < -0.4 is 4.72 Å². The molecule has 2 aromatic heterocycles. The number of aromatic nitrogens is 1. The van der Waals surface area contributed by atoms with Crippen molar-refractivity contribution in [3.8, 4) is 0 Å². The van der Waals surface area contributed by atoms with Crippen LogP contribution in [0.4, 0.5) is 0 Å². The Morgan fingerprint density at radius 1 is 1.07 bits per heavy atom. The van der Waals surface area contributed by atoms with Crippen LogP contribution in [0.2, 0.25) is 5.15 Å². The molecular weight excluding hydrogens is 570 g/mol. The van der Waals surface area contributed by atoms with E-state index in [-0.39, 0.29) is 33.8 Å². The Bertz CT molecular complexity index is 1540. The van der Waals surface area contributed by atoms with Crippen molar-refractivity contribution >= 4 is 55.0 Å². The van der Waals surface area contributed by atoms with E-state index in [0.717, 1.165) is 50.2 Å². The molecule has 1 aromatic carbocycles. The number of rotatable bonds is 7. The molecule has 6 rings (SSSR count). The molecule has 0 spiro atoms. The van der Waals surface area contributed by atoms with Crippen LogP contribution in [-0.2, 0) is 32.6 Å². The summed E-state index contributed by atoms with van der Waals surface area (Å²) in [6.07, 6.45) is 3.93. The standard InChI is InChI=1S/C28H32ClN5O4S2/c29-25-10-9-24-23(30-25)15-27(39-24)40(37,38)31-22-8-4-12-33(28(22)36)18-26(35)34-13-3-7-21(34)17-32-14-11-19-5-1-2-6-20(19)16-32/h1-2,5-6,9-10,15,21-22,31H,3-4,7-8,11-14,16-18H2/t21-,22-/m0/s1. The molecule has 2 amide bonds. The topological polar surface area (TPSA) is 103 Å². The van der Waals surface area contributed by atoms with Crippen LogP contribution in [0.15, 0.2) is 46.7 Å². The smallest absolute Gasteiger partial charge is 0.250 e. The summed E-state index contributed by atoms with van der Waals surface area (Å²) in [5.74, 6) is -0.418. The van der Waals surface area contributed by atoms with E-state index in [0.29, 0.717) is 36.1 Å². The van der Waals surface area contributed by atoms with Crippen LogP contribution in [0.3, 0.4) is 0 Å². The predicted molar refractivity (Wildman–Crippen MR) is 155 cm³/mol. The molecule has 2 atom stereocenters. The highest BCUT2D eigenvalue weighted by Crippen LogP contribution is 2.30. The fraction of sp³-hybridized carbons (Fsp3) is 0.464. The first-order valence-corrected chi connectivity index (χ1v) is 16.4. The number of thiophene rings is 1. The molecule has 0 saturated carbocycles. The van der Waals surface area contributed by atoms with Crippen LogP contribution in [-0.4, -0.2) is 84.7 Å². The number of amides is 2. The minimum Gasteiger partial charge on any atom is -0.337 e. The molecule has 0 radical (unpaired) electrons. The fourth-order valence-corrected chi connectivity index (χ4v) is 8.79. The lowest BCUT2D eigenvalue weighted by molar-refractivity contribution is -0.143. The van der Waals surface area contributed by atoms with Crippen LogP contribution in [0, 0.1) is 0 Å². The number of carbonyl (C=O) groups is 2. The van der Waals surface area contributed by atoms with Crippen molar-refractivity contribution in [2.45, 2.75) is 54.9 Å². The molecule has 3 aliphatic rings. The van der Waals surface area contributed by atoms with Gasteiger partial charge in [0.25, 0.3) is 10.0 Å². The number of halogens is 1. The lowest BCUT2D eigenvalue weighted by atomic mass is 9.99. The molecule has 2 fully saturated rings. The maximum absolute atomic E-state index is 13.4. The Morgan fingerprint density at radius 3 is 2.73 bits per heavy atom. The maximum atomic E-state index is 13.4. The third-order valence-electron chi connectivity index (χ3n) is 8.11. The normalized spacial score (nSPS) is 22.2. The molecule has 12 heteroatoms. The zero-order valence-corrected chi connectivity index (χ0v) is 24.5. The Labute approximate surface area is 243 Å². The zero-order valence-electron chi connectivity index (χ0n) is 22.1. The van der Waals surface area contributed by atoms with Crippen molar-refractivity contribution in [2.75, 3.05) is 32.7 Å². The third kappa shape index (κ3) is 5.75. The molecule has 0 unspecified atom stereocenters. The number of nitrogens with one attached hydrogen (secondary N) is 1. The van der Waals surface area contributed by atoms with Gasteiger partial charge < -0.3 is 9.80 Å². The number of nitrogens with zero attached hydrogens (tertiary/aromatic N) is 4. The number of pyridine rings is 1. The largest absolute Gasteiger partial charge is 0.337 e. The molecule has 9 nitrogen and oxygen atoms in total. The van der Waals surface area contributed by atoms with Gasteiger partial charge in [0.1, 0.15) is 15.4 Å². The summed E-state index contributed by atoms with van der Waals surface area (Å²) < 4.78 is 29.6. The lowest BCUT2D eigenvalue weighted by Gasteiger charge is -2.36. The number of hydrogen-bond acceptors (Lipinski definition) is 7. The summed E-state index contributed by atoms with van der Waals surface area (Å²) in [7, 11) is -3.94. The van der Waals surface area contributed by atoms with Crippen molar-refractivity contribution in [1.82, 2.24) is 24.4 Å². The minimum absolute atomic E-state index is 0.0261. The van der Waals surface area contributed by atoms with Crippen molar-refractivity contribution in [3.63, 3.8) is 0 Å². The lowest BCUT2D eigenvalue weighted by Crippen LogP contribution is -2.55. The molecule has 212 valence electrons. The number of benzene rings is 1. The quantitative estimate of drug-likeness (QED) is 0.417. The van der Waals surface area contributed by atoms with Crippen molar-refractivity contribution in [2.24, 2.45) is 0 Å². The summed E-state index contributed by atoms with van der Waals surface area (Å²) in [4.78, 5) is 36.8. The molecule has 1 N–H and O–H groups in total. The van der Waals surface area contributed by atoms with Gasteiger partial charge in [0, 0.05) is 38.8 Å². The van der Waals surface area contributed by atoms with Gasteiger partial charge in [-0.3, -0.25) is 14.5 Å². The van der Waals surface area contributed by atoms with Crippen molar-refractivity contribution < 1.29 is 18.0 Å².